The van der Waals surface area contributed by atoms with Crippen LogP contribution >= 0.6 is 0 Å². The van der Waals surface area contributed by atoms with Crippen molar-refractivity contribution in [1.29, 1.82) is 0 Å². The third-order valence-electron chi connectivity index (χ3n) is 5.15. The van der Waals surface area contributed by atoms with Crippen molar-refractivity contribution in [3.05, 3.63) is 23.5 Å². The Kier molecular flexibility index (Phi) is 5.15. The van der Waals surface area contributed by atoms with E-state index in [0.717, 1.165) is 18.7 Å². The molecule has 0 unspecified atom stereocenters. The lowest BCUT2D eigenvalue weighted by molar-refractivity contribution is -0.0361. The third kappa shape index (κ3) is 4.22. The molecule has 0 bridgehead atoms. The fourth-order valence-electron chi connectivity index (χ4n) is 3.31. The topological polar surface area (TPSA) is 97.1 Å². The van der Waals surface area contributed by atoms with Crippen molar-refractivity contribution < 1.29 is 18.6 Å². The molecular weight excluding hydrogens is 370 g/mol. The Hall–Kier alpha value is -2.33. The van der Waals surface area contributed by atoms with Crippen molar-refractivity contribution in [2.45, 2.75) is 57.3 Å². The molecule has 0 aromatic carbocycles. The van der Waals surface area contributed by atoms with Crippen molar-refractivity contribution in [3.63, 3.8) is 0 Å². The van der Waals surface area contributed by atoms with Crippen LogP contribution in [0.3, 0.4) is 0 Å². The van der Waals surface area contributed by atoms with Crippen LogP contribution in [0.2, 0.25) is 0 Å². The molecule has 1 aliphatic carbocycles. The van der Waals surface area contributed by atoms with Gasteiger partial charge in [0.1, 0.15) is 11.9 Å². The minimum atomic E-state index is -2.58. The lowest BCUT2D eigenvalue weighted by Crippen LogP contribution is -2.50. The maximum Gasteiger partial charge on any atom is 0.255 e. The standard InChI is InChI=1S/C18H24F2N6O2/c1-11-9-26(25-14(11)10-27)17-23-15(6-16(24-17)28-13-7-21-8-13)22-12-2-4-18(19,20)5-3-12/h6,9,12-13,21,27H,2-5,7-8,10H2,1H3,(H,22,23,24). The molecule has 10 heteroatoms. The van der Waals surface area contributed by atoms with Gasteiger partial charge in [-0.1, -0.05) is 0 Å². The number of aryl methyl sites for hydroxylation is 1. The minimum absolute atomic E-state index is 0.0383. The SMILES string of the molecule is Cc1cn(-c2nc(NC3CCC(F)(F)CC3)cc(OC3CNC3)n2)nc1CO. The van der Waals surface area contributed by atoms with Gasteiger partial charge in [0.25, 0.3) is 5.95 Å². The van der Waals surface area contributed by atoms with E-state index in [4.69, 9.17) is 4.74 Å². The molecule has 2 aromatic rings. The van der Waals surface area contributed by atoms with Gasteiger partial charge in [-0.3, -0.25) is 0 Å². The molecule has 3 N–H and O–H groups in total. The summed E-state index contributed by atoms with van der Waals surface area (Å²) in [5.41, 5.74) is 1.37. The van der Waals surface area contributed by atoms with Crippen LogP contribution in [0.5, 0.6) is 5.88 Å². The first-order valence-electron chi connectivity index (χ1n) is 9.49. The van der Waals surface area contributed by atoms with Crippen LogP contribution < -0.4 is 15.4 Å². The Morgan fingerprint density at radius 2 is 2.07 bits per heavy atom. The van der Waals surface area contributed by atoms with Crippen LogP contribution in [0.25, 0.3) is 5.95 Å². The Bertz CT molecular complexity index is 829. The number of nitrogens with zero attached hydrogens (tertiary/aromatic N) is 4. The van der Waals surface area contributed by atoms with E-state index >= 15 is 0 Å². The molecule has 1 saturated carbocycles. The van der Waals surface area contributed by atoms with Crippen LogP contribution in [0.4, 0.5) is 14.6 Å². The van der Waals surface area contributed by atoms with Crippen molar-refractivity contribution in [2.24, 2.45) is 0 Å². The molecule has 1 saturated heterocycles. The van der Waals surface area contributed by atoms with Crippen molar-refractivity contribution >= 4 is 5.82 Å². The number of aliphatic hydroxyl groups excluding tert-OH is 1. The van der Waals surface area contributed by atoms with E-state index in [0.29, 0.717) is 36.2 Å². The molecule has 0 amide bonds. The van der Waals surface area contributed by atoms with Gasteiger partial charge >= 0.3 is 0 Å². The Morgan fingerprint density at radius 3 is 2.68 bits per heavy atom. The van der Waals surface area contributed by atoms with E-state index in [1.54, 1.807) is 12.3 Å². The molecule has 1 aliphatic heterocycles. The molecule has 0 radical (unpaired) electrons. The highest BCUT2D eigenvalue weighted by molar-refractivity contribution is 5.42. The van der Waals surface area contributed by atoms with Gasteiger partial charge in [-0.05, 0) is 25.3 Å². The van der Waals surface area contributed by atoms with Gasteiger partial charge in [0, 0.05) is 44.2 Å². The average molecular weight is 394 g/mol. The Morgan fingerprint density at radius 1 is 1.32 bits per heavy atom. The van der Waals surface area contributed by atoms with E-state index in [9.17, 15) is 13.9 Å². The number of halogens is 2. The molecule has 152 valence electrons. The van der Waals surface area contributed by atoms with Crippen LogP contribution in [-0.4, -0.2) is 56.0 Å². The number of anilines is 1. The zero-order valence-corrected chi connectivity index (χ0v) is 15.7. The summed E-state index contributed by atoms with van der Waals surface area (Å²) < 4.78 is 34.2. The van der Waals surface area contributed by atoms with Gasteiger partial charge in [-0.2, -0.15) is 15.1 Å². The van der Waals surface area contributed by atoms with Crippen molar-refractivity contribution in [3.8, 4) is 11.8 Å². The van der Waals surface area contributed by atoms with Gasteiger partial charge in [0.05, 0.1) is 12.3 Å². The molecule has 2 fully saturated rings. The quantitative estimate of drug-likeness (QED) is 0.687. The van der Waals surface area contributed by atoms with Gasteiger partial charge in [-0.15, -0.1) is 0 Å². The molecule has 3 heterocycles. The summed E-state index contributed by atoms with van der Waals surface area (Å²) in [6.45, 7) is 3.16. The van der Waals surface area contributed by atoms with E-state index in [-0.39, 0.29) is 31.6 Å². The van der Waals surface area contributed by atoms with E-state index in [1.165, 1.54) is 4.68 Å². The molecule has 2 aromatic heterocycles. The second-order valence-electron chi connectivity index (χ2n) is 7.43. The summed E-state index contributed by atoms with van der Waals surface area (Å²) in [5, 5.41) is 20.1. The zero-order chi connectivity index (χ0) is 19.7. The summed E-state index contributed by atoms with van der Waals surface area (Å²) in [5.74, 6) is -1.36. The Balaban J connectivity index is 1.58. The fraction of sp³-hybridized carbons (Fsp3) is 0.611. The van der Waals surface area contributed by atoms with E-state index in [2.05, 4.69) is 25.7 Å². The van der Waals surface area contributed by atoms with Gasteiger partial charge in [0.15, 0.2) is 0 Å². The zero-order valence-electron chi connectivity index (χ0n) is 15.7. The highest BCUT2D eigenvalue weighted by Crippen LogP contribution is 2.34. The monoisotopic (exact) mass is 394 g/mol. The first-order chi connectivity index (χ1) is 13.4. The van der Waals surface area contributed by atoms with Crippen LogP contribution in [0.1, 0.15) is 36.9 Å². The summed E-state index contributed by atoms with van der Waals surface area (Å²) in [7, 11) is 0. The lowest BCUT2D eigenvalue weighted by atomic mass is 9.92. The second kappa shape index (κ2) is 7.59. The maximum absolute atomic E-state index is 13.4. The fourth-order valence-corrected chi connectivity index (χ4v) is 3.31. The number of rotatable bonds is 6. The number of ether oxygens (including phenoxy) is 1. The molecule has 8 nitrogen and oxygen atoms in total. The van der Waals surface area contributed by atoms with E-state index in [1.807, 2.05) is 6.92 Å². The first kappa shape index (κ1) is 19.0. The highest BCUT2D eigenvalue weighted by atomic mass is 19.3. The molecule has 4 rings (SSSR count). The van der Waals surface area contributed by atoms with Crippen molar-refractivity contribution in [2.75, 3.05) is 18.4 Å². The first-order valence-corrected chi connectivity index (χ1v) is 9.49. The average Bonchev–Trinajstić information content (AvgIpc) is 3.01. The summed E-state index contributed by atoms with van der Waals surface area (Å²) in [4.78, 5) is 8.92. The van der Waals surface area contributed by atoms with Crippen LogP contribution in [0, 0.1) is 6.92 Å². The number of hydrogen-bond donors (Lipinski definition) is 3. The number of nitrogens with one attached hydrogen (secondary N) is 2. The molecule has 2 aliphatic rings. The number of hydrogen-bond acceptors (Lipinski definition) is 7. The summed E-state index contributed by atoms with van der Waals surface area (Å²) in [6, 6.07) is 1.62. The number of alkyl halides is 2. The lowest BCUT2D eigenvalue weighted by Gasteiger charge is -2.30. The van der Waals surface area contributed by atoms with Gasteiger partial charge in [-0.25, -0.2) is 13.5 Å². The molecule has 28 heavy (non-hydrogen) atoms. The normalized spacial score (nSPS) is 20.0. The second-order valence-corrected chi connectivity index (χ2v) is 7.43. The largest absolute Gasteiger partial charge is 0.471 e. The summed E-state index contributed by atoms with van der Waals surface area (Å²) in [6.07, 6.45) is 2.28. The molecule has 0 atom stereocenters. The molecule has 0 spiro atoms. The van der Waals surface area contributed by atoms with Crippen LogP contribution in [-0.2, 0) is 6.61 Å². The van der Waals surface area contributed by atoms with Gasteiger partial charge < -0.3 is 20.5 Å². The maximum atomic E-state index is 13.4. The van der Waals surface area contributed by atoms with E-state index < -0.39 is 5.92 Å². The molecular formula is C18H24F2N6O2. The smallest absolute Gasteiger partial charge is 0.255 e. The number of aliphatic hydroxyl groups is 1. The minimum Gasteiger partial charge on any atom is -0.471 e. The van der Waals surface area contributed by atoms with Crippen LogP contribution in [0.15, 0.2) is 12.3 Å². The highest BCUT2D eigenvalue weighted by Gasteiger charge is 2.35. The van der Waals surface area contributed by atoms with Gasteiger partial charge in [0.2, 0.25) is 11.8 Å². The van der Waals surface area contributed by atoms with Crippen molar-refractivity contribution in [1.82, 2.24) is 25.1 Å². The number of aromatic nitrogens is 4. The Labute approximate surface area is 161 Å². The predicted molar refractivity (Wildman–Crippen MR) is 97.9 cm³/mol. The third-order valence-corrected chi connectivity index (χ3v) is 5.15. The predicted octanol–water partition coefficient (Wildman–Crippen LogP) is 1.80. The summed E-state index contributed by atoms with van der Waals surface area (Å²) >= 11 is 0.